The Kier molecular flexibility index (Phi) is 26.8. The molecule has 4 fully saturated rings. The second kappa shape index (κ2) is 36.4. The number of amides is 3. The number of benzene rings is 4. The van der Waals surface area contributed by atoms with Gasteiger partial charge in [0.1, 0.15) is 28.9 Å². The number of nitro groups is 1. The van der Waals surface area contributed by atoms with E-state index in [4.69, 9.17) is 16.3 Å². The Hall–Kier alpha value is -7.81. The number of H-pyrrole nitrogens is 1. The summed E-state index contributed by atoms with van der Waals surface area (Å²) in [6.07, 6.45) is 20.7. The Labute approximate surface area is 646 Å². The number of fused-ring (bicyclic) bond motifs is 1. The first-order valence-electron chi connectivity index (χ1n) is 39.1. The zero-order valence-corrected chi connectivity index (χ0v) is 66.2. The maximum atomic E-state index is 14.3. The Morgan fingerprint density at radius 1 is 0.824 bits per heavy atom. The number of aliphatic hydroxyl groups is 1. The number of aromatic amines is 1. The summed E-state index contributed by atoms with van der Waals surface area (Å²) < 4.78 is 36.8. The fraction of sp³-hybridized carbons (Fsp3) is 0.530. The van der Waals surface area contributed by atoms with Crippen molar-refractivity contribution in [2.45, 2.75) is 186 Å². The number of sulfonamides is 1. The van der Waals surface area contributed by atoms with Crippen molar-refractivity contribution in [1.29, 1.82) is 0 Å². The molecule has 108 heavy (non-hydrogen) atoms. The van der Waals surface area contributed by atoms with E-state index in [1.54, 1.807) is 46.7 Å². The van der Waals surface area contributed by atoms with Crippen LogP contribution in [0.1, 0.15) is 171 Å². The number of hydrogen-bond donors (Lipinski definition) is 6. The van der Waals surface area contributed by atoms with Crippen LogP contribution in [0.3, 0.4) is 0 Å². The van der Waals surface area contributed by atoms with Crippen LogP contribution < -0.4 is 30.3 Å². The minimum Gasteiger partial charge on any atom is -0.455 e. The highest BCUT2D eigenvalue weighted by atomic mass is 35.5. The normalized spacial score (nSPS) is 19.1. The summed E-state index contributed by atoms with van der Waals surface area (Å²) in [6.45, 7) is 23.7. The van der Waals surface area contributed by atoms with Gasteiger partial charge < -0.3 is 50.4 Å². The topological polar surface area (TPSA) is 264 Å². The van der Waals surface area contributed by atoms with E-state index < -0.39 is 49.6 Å². The van der Waals surface area contributed by atoms with Gasteiger partial charge in [0, 0.05) is 99.2 Å². The van der Waals surface area contributed by atoms with Crippen LogP contribution in [0.2, 0.25) is 5.02 Å². The minimum absolute atomic E-state index is 0.0374. The largest absolute Gasteiger partial charge is 0.455 e. The standard InChI is InChI=1S/C83H110ClN13O9S2/c1-57-76(107-56-90-57)61-18-16-58(17-19-61)52-89-80(100)74-48-67(98)55-96(74)81(101)77(82(2,3)4)85-35-14-12-10-8-7-9-11-13-15-37-92-38-32-65(33-39-92)94-40-30-59(31-41-94)51-87-72-27-25-69(49-73(72)97(102)103)108(104,105)91-79(99)70-26-24-66(47-75(70)106-68-46-62-29-36-86-78(62)88-53-68)95-44-42-93(43-45-95)54-63-28-34-83(5,6)50-71(63)60-20-22-64(84)23-21-60/h16-27,29,36,46-47,49,53,56,59,65,67,74,77,85,87,98H,7-15,28,30-35,37-45,48,50-52,54-55H2,1-6H3,(H,86,88)(H,89,100)(H,91,99)/t67-,74+,77-/m1/s1. The van der Waals surface area contributed by atoms with Crippen LogP contribution in [-0.4, -0.2) is 180 Å². The van der Waals surface area contributed by atoms with Gasteiger partial charge in [-0.25, -0.2) is 23.1 Å². The molecule has 0 bridgehead atoms. The molecule has 0 radical (unpaired) electrons. The SMILES string of the molecule is Cc1ncsc1-c1ccc(CNC(=O)[C@@H]2C[C@@H](O)CN2C(=O)[C@@H](NCCCCCCCCCCCN2CCC(N3CCC(CNc4ccc(S(=O)(=O)NC(=O)c5ccc(N6CCN(CC7=C(c8ccc(Cl)cc8)CC(C)(C)CC7)CC6)cc5Oc5cnc6[nH]ccc6c5)cc4[N+](=O)[O-])CC3)CC2)C(C)(C)C)cc1. The lowest BCUT2D eigenvalue weighted by atomic mass is 9.72. The highest BCUT2D eigenvalue weighted by Crippen LogP contribution is 2.44. The first-order valence-corrected chi connectivity index (χ1v) is 41.9. The fourth-order valence-electron chi connectivity index (χ4n) is 16.3. The molecule has 1 aliphatic carbocycles. The zero-order valence-electron chi connectivity index (χ0n) is 63.8. The number of nitrogens with zero attached hydrogens (tertiary/aromatic N) is 8. The molecule has 22 nitrogen and oxygen atoms in total. The average Bonchev–Trinajstić information content (AvgIpc) is 1.78. The van der Waals surface area contributed by atoms with Crippen molar-refractivity contribution < 1.29 is 37.6 Å². The number of rotatable bonds is 32. The number of aromatic nitrogens is 3. The number of carbonyl (C=O) groups is 3. The number of allylic oxidation sites excluding steroid dienone is 1. The summed E-state index contributed by atoms with van der Waals surface area (Å²) in [5.41, 5.74) is 10.0. The number of unbranched alkanes of at least 4 members (excludes halogenated alkanes) is 8. The predicted octanol–water partition coefficient (Wildman–Crippen LogP) is 14.6. The van der Waals surface area contributed by atoms with E-state index in [1.165, 1.54) is 73.6 Å². The molecule has 3 aromatic heterocycles. The van der Waals surface area contributed by atoms with Crippen molar-refractivity contribution in [3.05, 3.63) is 158 Å². The molecule has 12 rings (SSSR count). The number of piperidine rings is 2. The molecule has 7 heterocycles. The van der Waals surface area contributed by atoms with Crippen LogP contribution in [0.15, 0.2) is 125 Å². The number of carbonyl (C=O) groups excluding carboxylic acids is 3. The Bertz CT molecular complexity index is 4370. The molecule has 6 N–H and O–H groups in total. The summed E-state index contributed by atoms with van der Waals surface area (Å²) in [4.78, 5) is 78.2. The third-order valence-corrected chi connectivity index (χ3v) is 25.3. The van der Waals surface area contributed by atoms with E-state index in [9.17, 15) is 38.0 Å². The van der Waals surface area contributed by atoms with Gasteiger partial charge in [-0.3, -0.25) is 29.4 Å². The number of aryl methyl sites for hydroxylation is 1. The van der Waals surface area contributed by atoms with Crippen LogP contribution >= 0.6 is 22.9 Å². The van der Waals surface area contributed by atoms with E-state index >= 15 is 0 Å². The number of nitrogens with one attached hydrogen (secondary N) is 5. The maximum absolute atomic E-state index is 14.3. The van der Waals surface area contributed by atoms with E-state index in [-0.39, 0.29) is 58.5 Å². The predicted molar refractivity (Wildman–Crippen MR) is 430 cm³/mol. The summed E-state index contributed by atoms with van der Waals surface area (Å²) in [5, 5.41) is 34.7. The summed E-state index contributed by atoms with van der Waals surface area (Å²) in [7, 11) is -4.61. The zero-order chi connectivity index (χ0) is 76.1. The first kappa shape index (κ1) is 79.7. The summed E-state index contributed by atoms with van der Waals surface area (Å²) in [5.74, 6) is -0.574. The molecule has 0 spiro atoms. The van der Waals surface area contributed by atoms with Gasteiger partial charge in [-0.2, -0.15) is 0 Å². The lowest BCUT2D eigenvalue weighted by Gasteiger charge is -2.42. The van der Waals surface area contributed by atoms with Gasteiger partial charge >= 0.3 is 0 Å². The van der Waals surface area contributed by atoms with Crippen molar-refractivity contribution in [3.8, 4) is 21.9 Å². The van der Waals surface area contributed by atoms with Crippen LogP contribution in [0, 0.1) is 33.8 Å². The molecule has 0 unspecified atom stereocenters. The van der Waals surface area contributed by atoms with Crippen LogP contribution in [-0.2, 0) is 26.2 Å². The average molecular weight is 1530 g/mol. The third kappa shape index (κ3) is 21.0. The number of hydrogen-bond acceptors (Lipinski definition) is 18. The lowest BCUT2D eigenvalue weighted by molar-refractivity contribution is -0.384. The molecule has 3 atom stereocenters. The van der Waals surface area contributed by atoms with Gasteiger partial charge in [-0.1, -0.05) is 133 Å². The summed E-state index contributed by atoms with van der Waals surface area (Å²) in [6, 6.07) is 28.1. The summed E-state index contributed by atoms with van der Waals surface area (Å²) >= 11 is 7.90. The number of nitro benzene ring substituents is 1. The number of halogens is 1. The van der Waals surface area contributed by atoms with E-state index in [0.717, 1.165) is 160 Å². The van der Waals surface area contributed by atoms with Crippen LogP contribution in [0.5, 0.6) is 11.5 Å². The first-order chi connectivity index (χ1) is 51.9. The highest BCUT2D eigenvalue weighted by Gasteiger charge is 2.44. The minimum atomic E-state index is -4.61. The van der Waals surface area contributed by atoms with Gasteiger partial charge in [-0.15, -0.1) is 11.3 Å². The second-order valence-electron chi connectivity index (χ2n) is 32.4. The number of β-amino-alcohol motifs (C(OH)–C–C–N with tert-alkyl or cyclic N) is 1. The van der Waals surface area contributed by atoms with Crippen LogP contribution in [0.4, 0.5) is 17.1 Å². The van der Waals surface area contributed by atoms with Gasteiger partial charge in [0.2, 0.25) is 11.8 Å². The number of aliphatic hydroxyl groups excluding tert-OH is 1. The molecule has 4 aliphatic heterocycles. The van der Waals surface area contributed by atoms with Gasteiger partial charge in [0.25, 0.3) is 21.6 Å². The van der Waals surface area contributed by atoms with Gasteiger partial charge in [0.15, 0.2) is 0 Å². The van der Waals surface area contributed by atoms with Crippen molar-refractivity contribution in [2.24, 2.45) is 16.7 Å². The Balaban J connectivity index is 0.533. The van der Waals surface area contributed by atoms with E-state index in [2.05, 4.69) is 81.2 Å². The molecule has 3 amide bonds. The highest BCUT2D eigenvalue weighted by molar-refractivity contribution is 7.90. The molecule has 0 saturated carbocycles. The second-order valence-corrected chi connectivity index (χ2v) is 35.4. The molecule has 580 valence electrons. The molecule has 4 aromatic carbocycles. The third-order valence-electron chi connectivity index (χ3n) is 22.8. The number of likely N-dealkylation sites (tertiary alicyclic amines) is 3. The molecule has 7 aromatic rings. The lowest BCUT2D eigenvalue weighted by Crippen LogP contribution is -2.56. The number of anilines is 2. The van der Waals surface area contributed by atoms with Crippen molar-refractivity contribution in [2.75, 3.05) is 95.3 Å². The molecule has 5 aliphatic rings. The van der Waals surface area contributed by atoms with Gasteiger partial charge in [0.05, 0.1) is 49.8 Å². The number of thiazole rings is 1. The Morgan fingerprint density at radius 3 is 2.22 bits per heavy atom. The number of ether oxygens (including phenoxy) is 1. The van der Waals surface area contributed by atoms with Crippen molar-refractivity contribution >= 4 is 84.4 Å². The molecule has 4 saturated heterocycles. The number of piperazine rings is 1. The quantitative estimate of drug-likeness (QED) is 0.0130. The van der Waals surface area contributed by atoms with E-state index in [1.807, 2.05) is 75.7 Å². The van der Waals surface area contributed by atoms with Gasteiger partial charge in [-0.05, 0) is 192 Å². The smallest absolute Gasteiger partial charge is 0.293 e. The van der Waals surface area contributed by atoms with E-state index in [0.29, 0.717) is 50.2 Å². The monoisotopic (exact) mass is 1530 g/mol. The molecular weight excluding hydrogens is 1420 g/mol. The van der Waals surface area contributed by atoms with Crippen LogP contribution in [0.25, 0.3) is 27.0 Å². The Morgan fingerprint density at radius 2 is 1.53 bits per heavy atom. The maximum Gasteiger partial charge on any atom is 0.293 e. The van der Waals surface area contributed by atoms with Crippen molar-refractivity contribution in [3.63, 3.8) is 0 Å². The van der Waals surface area contributed by atoms with Crippen molar-refractivity contribution in [1.82, 2.24) is 49.9 Å². The molecular formula is C83H110ClN13O9S2. The fourth-order valence-corrected chi connectivity index (χ4v) is 18.2. The molecule has 25 heteroatoms. The number of pyridine rings is 1.